The van der Waals surface area contributed by atoms with E-state index < -0.39 is 6.10 Å². The summed E-state index contributed by atoms with van der Waals surface area (Å²) in [5.41, 5.74) is 2.82. The highest BCUT2D eigenvalue weighted by molar-refractivity contribution is 5.64. The van der Waals surface area contributed by atoms with Crippen LogP contribution in [0.5, 0.6) is 0 Å². The highest BCUT2D eigenvalue weighted by atomic mass is 19.1. The van der Waals surface area contributed by atoms with E-state index in [1.54, 1.807) is 19.1 Å². The second kappa shape index (κ2) is 5.48. The van der Waals surface area contributed by atoms with Gasteiger partial charge in [0.15, 0.2) is 0 Å². The molecular formula is C16H13FO. The molecule has 0 heterocycles. The lowest BCUT2D eigenvalue weighted by Gasteiger charge is -2.01. The Labute approximate surface area is 106 Å². The van der Waals surface area contributed by atoms with E-state index in [0.717, 1.165) is 16.7 Å². The third-order valence-electron chi connectivity index (χ3n) is 2.49. The third kappa shape index (κ3) is 3.19. The Morgan fingerprint density at radius 1 is 0.944 bits per heavy atom. The van der Waals surface area contributed by atoms with Crippen LogP contribution in [0, 0.1) is 17.7 Å². The number of rotatable bonds is 1. The van der Waals surface area contributed by atoms with Gasteiger partial charge in [0, 0.05) is 5.56 Å². The molecular weight excluding hydrogens is 227 g/mol. The third-order valence-corrected chi connectivity index (χ3v) is 2.49. The van der Waals surface area contributed by atoms with Crippen molar-refractivity contribution in [2.24, 2.45) is 0 Å². The number of aliphatic hydroxyl groups is 1. The van der Waals surface area contributed by atoms with Gasteiger partial charge in [-0.05, 0) is 42.3 Å². The maximum Gasteiger partial charge on any atom is 0.123 e. The van der Waals surface area contributed by atoms with Crippen molar-refractivity contribution < 1.29 is 9.50 Å². The molecule has 0 aliphatic rings. The molecule has 2 aromatic rings. The molecule has 2 heteroatoms. The van der Waals surface area contributed by atoms with Gasteiger partial charge in [-0.2, -0.15) is 0 Å². The molecule has 0 aliphatic heterocycles. The molecule has 1 atom stereocenters. The van der Waals surface area contributed by atoms with Gasteiger partial charge in [-0.3, -0.25) is 0 Å². The van der Waals surface area contributed by atoms with E-state index in [9.17, 15) is 4.39 Å². The number of hydrogen-bond donors (Lipinski definition) is 1. The Balaban J connectivity index is 2.23. The quantitative estimate of drug-likeness (QED) is 0.759. The molecule has 0 amide bonds. The van der Waals surface area contributed by atoms with Crippen LogP contribution in [0.2, 0.25) is 0 Å². The molecule has 2 rings (SSSR count). The molecule has 1 N–H and O–H groups in total. The van der Waals surface area contributed by atoms with Crippen LogP contribution in [0.1, 0.15) is 12.5 Å². The number of aliphatic hydroxyl groups excluding tert-OH is 1. The first-order chi connectivity index (χ1) is 8.65. The van der Waals surface area contributed by atoms with Crippen LogP contribution in [0.4, 0.5) is 4.39 Å². The number of benzene rings is 2. The first kappa shape index (κ1) is 12.3. The summed E-state index contributed by atoms with van der Waals surface area (Å²) < 4.78 is 12.8. The van der Waals surface area contributed by atoms with E-state index in [-0.39, 0.29) is 5.82 Å². The predicted octanol–water partition coefficient (Wildman–Crippen LogP) is 3.23. The van der Waals surface area contributed by atoms with Crippen LogP contribution in [-0.2, 0) is 0 Å². The van der Waals surface area contributed by atoms with Crippen molar-refractivity contribution in [2.45, 2.75) is 13.0 Å². The van der Waals surface area contributed by atoms with Crippen LogP contribution < -0.4 is 0 Å². The minimum absolute atomic E-state index is 0.238. The molecule has 0 bridgehead atoms. The van der Waals surface area contributed by atoms with Gasteiger partial charge in [-0.25, -0.2) is 4.39 Å². The van der Waals surface area contributed by atoms with Gasteiger partial charge in [0.2, 0.25) is 0 Å². The summed E-state index contributed by atoms with van der Waals surface area (Å²) in [6, 6.07) is 14.0. The minimum atomic E-state index is -0.623. The van der Waals surface area contributed by atoms with Gasteiger partial charge in [-0.1, -0.05) is 36.1 Å². The lowest BCUT2D eigenvalue weighted by molar-refractivity contribution is 0.253. The SMILES string of the molecule is CC(O)C#Cc1ccc(-c2ccc(F)cc2)cc1. The summed E-state index contributed by atoms with van der Waals surface area (Å²) in [4.78, 5) is 0. The standard InChI is InChI=1S/C16H13FO/c1-12(18)2-3-13-4-6-14(7-5-13)15-8-10-16(17)11-9-15/h4-12,18H,1H3. The first-order valence-corrected chi connectivity index (χ1v) is 5.71. The Bertz CT molecular complexity index is 571. The molecule has 0 saturated heterocycles. The van der Waals surface area contributed by atoms with Crippen LogP contribution in [0.25, 0.3) is 11.1 Å². The van der Waals surface area contributed by atoms with Gasteiger partial charge in [-0.15, -0.1) is 0 Å². The average molecular weight is 240 g/mol. The number of hydrogen-bond acceptors (Lipinski definition) is 1. The van der Waals surface area contributed by atoms with Crippen LogP contribution >= 0.6 is 0 Å². The monoisotopic (exact) mass is 240 g/mol. The van der Waals surface area contributed by atoms with Gasteiger partial charge < -0.3 is 5.11 Å². The predicted molar refractivity (Wildman–Crippen MR) is 70.4 cm³/mol. The molecule has 0 aromatic heterocycles. The summed E-state index contributed by atoms with van der Waals surface area (Å²) >= 11 is 0. The van der Waals surface area contributed by atoms with E-state index in [4.69, 9.17) is 5.11 Å². The molecule has 18 heavy (non-hydrogen) atoms. The summed E-state index contributed by atoms with van der Waals surface area (Å²) in [6.45, 7) is 1.62. The molecule has 0 aliphatic carbocycles. The number of halogens is 1. The van der Waals surface area contributed by atoms with Crippen LogP contribution in [0.15, 0.2) is 48.5 Å². The van der Waals surface area contributed by atoms with Gasteiger partial charge in [0.1, 0.15) is 11.9 Å². The lowest BCUT2D eigenvalue weighted by atomic mass is 10.0. The summed E-state index contributed by atoms with van der Waals surface area (Å²) in [5, 5.41) is 9.06. The smallest absolute Gasteiger partial charge is 0.123 e. The van der Waals surface area contributed by atoms with Gasteiger partial charge in [0.05, 0.1) is 0 Å². The Morgan fingerprint density at radius 2 is 1.44 bits per heavy atom. The average Bonchev–Trinajstić information content (AvgIpc) is 2.38. The maximum absolute atomic E-state index is 12.8. The molecule has 90 valence electrons. The van der Waals surface area contributed by atoms with E-state index in [2.05, 4.69) is 11.8 Å². The molecule has 0 radical (unpaired) electrons. The molecule has 0 saturated carbocycles. The maximum atomic E-state index is 12.8. The van der Waals surface area contributed by atoms with Crippen LogP contribution in [0.3, 0.4) is 0 Å². The summed E-state index contributed by atoms with van der Waals surface area (Å²) in [5.74, 6) is 5.32. The zero-order chi connectivity index (χ0) is 13.0. The molecule has 0 spiro atoms. The van der Waals surface area contributed by atoms with Crippen molar-refractivity contribution in [1.29, 1.82) is 0 Å². The second-order valence-electron chi connectivity index (χ2n) is 4.03. The molecule has 2 aromatic carbocycles. The Kier molecular flexibility index (Phi) is 3.76. The van der Waals surface area contributed by atoms with E-state index in [1.165, 1.54) is 12.1 Å². The second-order valence-corrected chi connectivity index (χ2v) is 4.03. The van der Waals surface area contributed by atoms with Crippen molar-refractivity contribution >= 4 is 0 Å². The Hall–Kier alpha value is -2.11. The van der Waals surface area contributed by atoms with Gasteiger partial charge in [0.25, 0.3) is 0 Å². The highest BCUT2D eigenvalue weighted by Gasteiger charge is 1.97. The van der Waals surface area contributed by atoms with Crippen molar-refractivity contribution in [3.05, 3.63) is 59.9 Å². The summed E-state index contributed by atoms with van der Waals surface area (Å²) in [7, 11) is 0. The van der Waals surface area contributed by atoms with Crippen LogP contribution in [-0.4, -0.2) is 11.2 Å². The van der Waals surface area contributed by atoms with E-state index in [0.29, 0.717) is 0 Å². The van der Waals surface area contributed by atoms with Crippen molar-refractivity contribution in [3.8, 4) is 23.0 Å². The fourth-order valence-corrected chi connectivity index (χ4v) is 1.58. The topological polar surface area (TPSA) is 20.2 Å². The van der Waals surface area contributed by atoms with Crippen molar-refractivity contribution in [3.63, 3.8) is 0 Å². The fourth-order valence-electron chi connectivity index (χ4n) is 1.58. The molecule has 1 nitrogen and oxygen atoms in total. The van der Waals surface area contributed by atoms with Gasteiger partial charge >= 0.3 is 0 Å². The molecule has 1 unspecified atom stereocenters. The molecule has 0 fully saturated rings. The first-order valence-electron chi connectivity index (χ1n) is 5.71. The van der Waals surface area contributed by atoms with E-state index in [1.807, 2.05) is 24.3 Å². The largest absolute Gasteiger partial charge is 0.381 e. The van der Waals surface area contributed by atoms with E-state index >= 15 is 0 Å². The highest BCUT2D eigenvalue weighted by Crippen LogP contribution is 2.19. The normalized spacial score (nSPS) is 11.5. The zero-order valence-corrected chi connectivity index (χ0v) is 10.0. The lowest BCUT2D eigenvalue weighted by Crippen LogP contribution is -1.92. The summed E-state index contributed by atoms with van der Waals surface area (Å²) in [6.07, 6.45) is -0.623. The Morgan fingerprint density at radius 3 is 1.94 bits per heavy atom. The zero-order valence-electron chi connectivity index (χ0n) is 10.0. The van der Waals surface area contributed by atoms with Crippen molar-refractivity contribution in [2.75, 3.05) is 0 Å². The minimum Gasteiger partial charge on any atom is -0.381 e. The van der Waals surface area contributed by atoms with Crippen molar-refractivity contribution in [1.82, 2.24) is 0 Å². The fraction of sp³-hybridized carbons (Fsp3) is 0.125.